The first-order chi connectivity index (χ1) is 16.4. The third-order valence-corrected chi connectivity index (χ3v) is 5.12. The van der Waals surface area contributed by atoms with Crippen LogP contribution in [0.4, 0.5) is 0 Å². The molecule has 7 nitrogen and oxygen atoms in total. The molecule has 0 aliphatic carbocycles. The van der Waals surface area contributed by atoms with Gasteiger partial charge in [0.2, 0.25) is 5.82 Å². The van der Waals surface area contributed by atoms with Crippen molar-refractivity contribution in [1.82, 2.24) is 15.0 Å². The SMILES string of the molecule is C=C/C(=C\C=C/C)c1ccc(-c2nc(-c3cccc(CN(C)CC(=O)O)c3)no2)cc1COC. The number of rotatable bonds is 11. The van der Waals surface area contributed by atoms with E-state index in [1.54, 1.807) is 19.1 Å². The molecule has 0 aliphatic rings. The summed E-state index contributed by atoms with van der Waals surface area (Å²) in [5.74, 6) is 0.0117. The summed E-state index contributed by atoms with van der Waals surface area (Å²) in [6.07, 6.45) is 7.76. The van der Waals surface area contributed by atoms with Crippen molar-refractivity contribution < 1.29 is 19.2 Å². The second kappa shape index (κ2) is 11.9. The number of aromatic nitrogens is 2. The number of nitrogens with zero attached hydrogens (tertiary/aromatic N) is 3. The highest BCUT2D eigenvalue weighted by molar-refractivity contribution is 5.78. The van der Waals surface area contributed by atoms with Gasteiger partial charge in [-0.1, -0.05) is 60.3 Å². The lowest BCUT2D eigenvalue weighted by molar-refractivity contribution is -0.138. The minimum absolute atomic E-state index is 0.0339. The van der Waals surface area contributed by atoms with Crippen LogP contribution in [0.2, 0.25) is 0 Å². The third kappa shape index (κ3) is 6.37. The molecule has 0 aliphatic heterocycles. The van der Waals surface area contributed by atoms with Crippen molar-refractivity contribution in [3.05, 3.63) is 90.0 Å². The molecule has 1 aromatic heterocycles. The van der Waals surface area contributed by atoms with Crippen LogP contribution in [0, 0.1) is 0 Å². The first kappa shape index (κ1) is 24.8. The summed E-state index contributed by atoms with van der Waals surface area (Å²) >= 11 is 0. The quantitative estimate of drug-likeness (QED) is 0.394. The van der Waals surface area contributed by atoms with Crippen LogP contribution in [0.15, 0.2) is 77.9 Å². The molecule has 0 fully saturated rings. The van der Waals surface area contributed by atoms with Gasteiger partial charge in [0.1, 0.15) is 0 Å². The molecular weight excluding hydrogens is 430 g/mol. The van der Waals surface area contributed by atoms with Crippen molar-refractivity contribution in [2.24, 2.45) is 0 Å². The number of allylic oxidation sites excluding steroid dienone is 5. The number of likely N-dealkylation sites (N-methyl/N-ethyl adjacent to an activating group) is 1. The molecule has 1 N–H and O–H groups in total. The maximum atomic E-state index is 10.9. The van der Waals surface area contributed by atoms with Crippen LogP contribution in [0.5, 0.6) is 0 Å². The molecule has 34 heavy (non-hydrogen) atoms. The summed E-state index contributed by atoms with van der Waals surface area (Å²) in [6, 6.07) is 13.6. The molecule has 0 saturated heterocycles. The molecule has 3 rings (SSSR count). The summed E-state index contributed by atoms with van der Waals surface area (Å²) < 4.78 is 11.0. The van der Waals surface area contributed by atoms with Crippen LogP contribution in [0.3, 0.4) is 0 Å². The molecular formula is C27H29N3O4. The van der Waals surface area contributed by atoms with Crippen LogP contribution in [-0.4, -0.2) is 46.8 Å². The number of carbonyl (C=O) groups is 1. The number of carboxylic acids is 1. The van der Waals surface area contributed by atoms with Crippen molar-refractivity contribution in [1.29, 1.82) is 0 Å². The summed E-state index contributed by atoms with van der Waals surface area (Å²) in [5.41, 5.74) is 5.56. The lowest BCUT2D eigenvalue weighted by Crippen LogP contribution is -2.25. The molecule has 0 bridgehead atoms. The van der Waals surface area contributed by atoms with Gasteiger partial charge in [0.05, 0.1) is 13.2 Å². The molecule has 176 valence electrons. The predicted molar refractivity (Wildman–Crippen MR) is 133 cm³/mol. The molecule has 3 aromatic rings. The number of benzene rings is 2. The Bertz CT molecular complexity index is 1210. The van der Waals surface area contributed by atoms with Gasteiger partial charge in [-0.15, -0.1) is 0 Å². The number of ether oxygens (including phenoxy) is 1. The maximum Gasteiger partial charge on any atom is 0.317 e. The Morgan fingerprint density at radius 2 is 2.06 bits per heavy atom. The molecule has 1 heterocycles. The number of aliphatic carboxylic acids is 1. The van der Waals surface area contributed by atoms with E-state index in [0.29, 0.717) is 24.9 Å². The summed E-state index contributed by atoms with van der Waals surface area (Å²) in [5, 5.41) is 13.1. The Kier molecular flexibility index (Phi) is 8.67. The minimum atomic E-state index is -0.863. The molecule has 0 unspecified atom stereocenters. The zero-order chi connectivity index (χ0) is 24.5. The highest BCUT2D eigenvalue weighted by Crippen LogP contribution is 2.28. The predicted octanol–water partition coefficient (Wildman–Crippen LogP) is 5.21. The van der Waals surface area contributed by atoms with Crippen LogP contribution in [0.25, 0.3) is 28.4 Å². The summed E-state index contributed by atoms with van der Waals surface area (Å²) in [7, 11) is 3.42. The third-order valence-electron chi connectivity index (χ3n) is 5.12. The molecule has 7 heteroatoms. The van der Waals surface area contributed by atoms with Crippen molar-refractivity contribution >= 4 is 11.5 Å². The number of methoxy groups -OCH3 is 1. The highest BCUT2D eigenvalue weighted by Gasteiger charge is 2.15. The van der Waals surface area contributed by atoms with Gasteiger partial charge in [0, 0.05) is 24.8 Å². The van der Waals surface area contributed by atoms with Gasteiger partial charge >= 0.3 is 5.97 Å². The first-order valence-electron chi connectivity index (χ1n) is 10.9. The molecule has 0 radical (unpaired) electrons. The molecule has 0 atom stereocenters. The normalized spacial score (nSPS) is 11.9. The molecule has 0 saturated carbocycles. The van der Waals surface area contributed by atoms with Gasteiger partial charge in [0.25, 0.3) is 5.89 Å². The van der Waals surface area contributed by atoms with E-state index in [1.165, 1.54) is 0 Å². The maximum absolute atomic E-state index is 10.9. The lowest BCUT2D eigenvalue weighted by Gasteiger charge is -2.14. The zero-order valence-corrected chi connectivity index (χ0v) is 19.7. The summed E-state index contributed by atoms with van der Waals surface area (Å²) in [6.45, 7) is 6.79. The van der Waals surface area contributed by atoms with E-state index in [1.807, 2.05) is 73.7 Å². The number of carboxylic acid groups (broad SMARTS) is 1. The van der Waals surface area contributed by atoms with Crippen molar-refractivity contribution in [2.45, 2.75) is 20.1 Å². The molecule has 2 aromatic carbocycles. The van der Waals surface area contributed by atoms with E-state index < -0.39 is 5.97 Å². The van der Waals surface area contributed by atoms with E-state index in [4.69, 9.17) is 14.4 Å². The van der Waals surface area contributed by atoms with Crippen LogP contribution >= 0.6 is 0 Å². The minimum Gasteiger partial charge on any atom is -0.480 e. The van der Waals surface area contributed by atoms with Gasteiger partial charge < -0.3 is 14.4 Å². The second-order valence-corrected chi connectivity index (χ2v) is 7.85. The van der Waals surface area contributed by atoms with Gasteiger partial charge in [-0.05, 0) is 54.4 Å². The lowest BCUT2D eigenvalue weighted by atomic mass is 9.97. The first-order valence-corrected chi connectivity index (χ1v) is 10.9. The van der Waals surface area contributed by atoms with Crippen LogP contribution in [-0.2, 0) is 22.7 Å². The second-order valence-electron chi connectivity index (χ2n) is 7.85. The van der Waals surface area contributed by atoms with Crippen molar-refractivity contribution in [3.8, 4) is 22.8 Å². The molecule has 0 amide bonds. The van der Waals surface area contributed by atoms with E-state index >= 15 is 0 Å². The van der Waals surface area contributed by atoms with Gasteiger partial charge in [-0.3, -0.25) is 9.69 Å². The van der Waals surface area contributed by atoms with Gasteiger partial charge in [-0.25, -0.2) is 0 Å². The van der Waals surface area contributed by atoms with Crippen LogP contribution < -0.4 is 0 Å². The van der Waals surface area contributed by atoms with Crippen molar-refractivity contribution in [2.75, 3.05) is 20.7 Å². The standard InChI is InChI=1S/C27H29N3O4/c1-5-7-10-20(6-2)24-13-12-22(15-23(24)18-33-4)27-28-26(29-34-27)21-11-8-9-19(14-21)16-30(3)17-25(31)32/h5-15H,2,16-18H2,1,3-4H3,(H,31,32)/b7-5-,20-10+. The topological polar surface area (TPSA) is 88.7 Å². The van der Waals surface area contributed by atoms with E-state index in [9.17, 15) is 4.79 Å². The van der Waals surface area contributed by atoms with E-state index in [-0.39, 0.29) is 6.54 Å². The Morgan fingerprint density at radius 3 is 2.76 bits per heavy atom. The van der Waals surface area contributed by atoms with Gasteiger partial charge in [0.15, 0.2) is 0 Å². The Labute approximate surface area is 199 Å². The monoisotopic (exact) mass is 459 g/mol. The Balaban J connectivity index is 1.88. The fourth-order valence-electron chi connectivity index (χ4n) is 3.62. The smallest absolute Gasteiger partial charge is 0.317 e. The number of hydrogen-bond donors (Lipinski definition) is 1. The Hall–Kier alpha value is -3.81. The fourth-order valence-corrected chi connectivity index (χ4v) is 3.62. The van der Waals surface area contributed by atoms with Crippen molar-refractivity contribution in [3.63, 3.8) is 0 Å². The summed E-state index contributed by atoms with van der Waals surface area (Å²) in [4.78, 5) is 17.2. The largest absolute Gasteiger partial charge is 0.480 e. The van der Waals surface area contributed by atoms with Crippen LogP contribution in [0.1, 0.15) is 23.6 Å². The highest BCUT2D eigenvalue weighted by atomic mass is 16.5. The fraction of sp³-hybridized carbons (Fsp3) is 0.222. The zero-order valence-electron chi connectivity index (χ0n) is 19.7. The van der Waals surface area contributed by atoms with Gasteiger partial charge in [-0.2, -0.15) is 4.98 Å². The Morgan fingerprint density at radius 1 is 1.24 bits per heavy atom. The average Bonchev–Trinajstić information content (AvgIpc) is 3.30. The van der Waals surface area contributed by atoms with E-state index in [2.05, 4.69) is 16.7 Å². The molecule has 0 spiro atoms. The number of hydrogen-bond acceptors (Lipinski definition) is 6. The average molecular weight is 460 g/mol. The van der Waals surface area contributed by atoms with E-state index in [0.717, 1.165) is 33.4 Å².